The third kappa shape index (κ3) is 3.57. The van der Waals surface area contributed by atoms with Gasteiger partial charge in [-0.1, -0.05) is 32.0 Å². The second-order valence-electron chi connectivity index (χ2n) is 7.73. The maximum Gasteiger partial charge on any atom is 0.276 e. The van der Waals surface area contributed by atoms with Gasteiger partial charge in [-0.15, -0.1) is 11.3 Å². The zero-order chi connectivity index (χ0) is 20.5. The van der Waals surface area contributed by atoms with Crippen molar-refractivity contribution in [2.75, 3.05) is 32.7 Å². The Morgan fingerprint density at radius 3 is 2.59 bits per heavy atom. The molecule has 0 aliphatic carbocycles. The largest absolute Gasteiger partial charge is 0.338 e. The smallest absolute Gasteiger partial charge is 0.276 e. The number of fused-ring (bicyclic) bond motifs is 3. The molecule has 3 heterocycles. The Bertz CT molecular complexity index is 1100. The van der Waals surface area contributed by atoms with E-state index in [4.69, 9.17) is 0 Å². The van der Waals surface area contributed by atoms with E-state index in [2.05, 4.69) is 16.9 Å². The molecule has 4 rings (SSSR count). The van der Waals surface area contributed by atoms with E-state index in [0.717, 1.165) is 46.5 Å². The zero-order valence-corrected chi connectivity index (χ0v) is 18.2. The van der Waals surface area contributed by atoms with Crippen LogP contribution in [-0.2, 0) is 4.79 Å². The van der Waals surface area contributed by atoms with Gasteiger partial charge < -0.3 is 4.90 Å². The molecule has 6 nitrogen and oxygen atoms in total. The first kappa shape index (κ1) is 20.0. The lowest BCUT2D eigenvalue weighted by atomic mass is 10.1. The predicted molar refractivity (Wildman–Crippen MR) is 119 cm³/mol. The Labute approximate surface area is 174 Å². The maximum atomic E-state index is 13.4. The van der Waals surface area contributed by atoms with E-state index in [9.17, 15) is 9.59 Å². The summed E-state index contributed by atoms with van der Waals surface area (Å²) in [6, 6.07) is 7.39. The molecule has 1 atom stereocenters. The van der Waals surface area contributed by atoms with Crippen molar-refractivity contribution < 1.29 is 4.79 Å². The third-order valence-corrected chi connectivity index (χ3v) is 7.07. The Balaban J connectivity index is 1.70. The van der Waals surface area contributed by atoms with Crippen molar-refractivity contribution in [3.63, 3.8) is 0 Å². The highest BCUT2D eigenvalue weighted by Gasteiger charge is 2.30. The Morgan fingerprint density at radius 1 is 1.17 bits per heavy atom. The summed E-state index contributed by atoms with van der Waals surface area (Å²) >= 11 is 1.60. The van der Waals surface area contributed by atoms with E-state index in [1.54, 1.807) is 11.3 Å². The number of thiophene rings is 1. The first-order chi connectivity index (χ1) is 14.0. The molecule has 0 N–H and O–H groups in total. The first-order valence-corrected chi connectivity index (χ1v) is 11.3. The van der Waals surface area contributed by atoms with Crippen molar-refractivity contribution in [2.24, 2.45) is 0 Å². The summed E-state index contributed by atoms with van der Waals surface area (Å²) in [5, 5.41) is 6.23. The summed E-state index contributed by atoms with van der Waals surface area (Å²) in [5.41, 5.74) is 0.646. The van der Waals surface area contributed by atoms with Crippen LogP contribution in [0.25, 0.3) is 20.2 Å². The number of amides is 1. The van der Waals surface area contributed by atoms with Gasteiger partial charge in [0, 0.05) is 36.3 Å². The fourth-order valence-electron chi connectivity index (χ4n) is 4.26. The molecule has 0 spiro atoms. The summed E-state index contributed by atoms with van der Waals surface area (Å²) in [5.74, 6) is 0.0107. The molecule has 0 bridgehead atoms. The minimum atomic E-state index is -0.554. The van der Waals surface area contributed by atoms with E-state index in [1.807, 2.05) is 43.0 Å². The molecule has 0 radical (unpaired) electrons. The Morgan fingerprint density at radius 2 is 1.90 bits per heavy atom. The first-order valence-electron chi connectivity index (χ1n) is 10.5. The number of rotatable bonds is 5. The monoisotopic (exact) mass is 412 g/mol. The van der Waals surface area contributed by atoms with Crippen LogP contribution in [0.3, 0.4) is 0 Å². The fraction of sp³-hybridized carbons (Fsp3) is 0.500. The molecule has 1 saturated heterocycles. The Kier molecular flexibility index (Phi) is 5.69. The van der Waals surface area contributed by atoms with E-state index in [-0.39, 0.29) is 11.5 Å². The zero-order valence-electron chi connectivity index (χ0n) is 17.4. The van der Waals surface area contributed by atoms with Crippen LogP contribution in [0.4, 0.5) is 0 Å². The van der Waals surface area contributed by atoms with E-state index < -0.39 is 6.04 Å². The van der Waals surface area contributed by atoms with E-state index >= 15 is 0 Å². The van der Waals surface area contributed by atoms with Crippen LogP contribution < -0.4 is 5.56 Å². The number of benzene rings is 1. The maximum absolute atomic E-state index is 13.4. The number of piperazine rings is 1. The second-order valence-corrected chi connectivity index (χ2v) is 8.78. The Hall–Kier alpha value is -2.25. The SMILES string of the molecule is CCCN1CCN(C(=O)[C@H](CC)n2nc(C)c3sc4ccccc4c3c2=O)CC1. The van der Waals surface area contributed by atoms with Gasteiger partial charge >= 0.3 is 0 Å². The summed E-state index contributed by atoms with van der Waals surface area (Å²) in [6.45, 7) is 10.3. The number of carbonyl (C=O) groups is 1. The molecular weight excluding hydrogens is 384 g/mol. The molecule has 1 amide bonds. The average Bonchev–Trinajstić information content (AvgIpc) is 3.13. The quantitative estimate of drug-likeness (QED) is 0.644. The van der Waals surface area contributed by atoms with Crippen LogP contribution in [0, 0.1) is 6.92 Å². The van der Waals surface area contributed by atoms with Crippen molar-refractivity contribution in [1.82, 2.24) is 19.6 Å². The molecule has 7 heteroatoms. The lowest BCUT2D eigenvalue weighted by molar-refractivity contribution is -0.137. The van der Waals surface area contributed by atoms with Gasteiger partial charge in [-0.25, -0.2) is 4.68 Å². The molecule has 3 aromatic rings. The molecule has 1 fully saturated rings. The summed E-state index contributed by atoms with van der Waals surface area (Å²) in [4.78, 5) is 31.0. The predicted octanol–water partition coefficient (Wildman–Crippen LogP) is 3.42. The van der Waals surface area contributed by atoms with Crippen LogP contribution in [-0.4, -0.2) is 58.2 Å². The molecule has 29 heavy (non-hydrogen) atoms. The molecule has 0 unspecified atom stereocenters. The van der Waals surface area contributed by atoms with Gasteiger partial charge in [0.05, 0.1) is 15.8 Å². The molecule has 1 aliphatic rings. The number of hydrogen-bond donors (Lipinski definition) is 0. The lowest BCUT2D eigenvalue weighted by Gasteiger charge is -2.36. The highest BCUT2D eigenvalue weighted by Crippen LogP contribution is 2.33. The molecular formula is C22H28N4O2S. The number of hydrogen-bond acceptors (Lipinski definition) is 5. The number of nitrogens with zero attached hydrogens (tertiary/aromatic N) is 4. The molecule has 1 aromatic carbocycles. The summed E-state index contributed by atoms with van der Waals surface area (Å²) in [7, 11) is 0. The minimum Gasteiger partial charge on any atom is -0.338 e. The minimum absolute atomic E-state index is 0.0107. The third-order valence-electron chi connectivity index (χ3n) is 5.79. The fourth-order valence-corrected chi connectivity index (χ4v) is 5.40. The number of carbonyl (C=O) groups excluding carboxylic acids is 1. The normalized spacial score (nSPS) is 16.6. The van der Waals surface area contributed by atoms with Gasteiger partial charge in [-0.05, 0) is 32.4 Å². The topological polar surface area (TPSA) is 58.4 Å². The number of aryl methyl sites for hydroxylation is 1. The van der Waals surface area contributed by atoms with Gasteiger partial charge in [0.25, 0.3) is 5.56 Å². The van der Waals surface area contributed by atoms with E-state index in [1.165, 1.54) is 4.68 Å². The summed E-state index contributed by atoms with van der Waals surface area (Å²) in [6.07, 6.45) is 1.67. The van der Waals surface area contributed by atoms with E-state index in [0.29, 0.717) is 24.9 Å². The molecule has 2 aromatic heterocycles. The summed E-state index contributed by atoms with van der Waals surface area (Å²) < 4.78 is 3.44. The highest BCUT2D eigenvalue weighted by atomic mass is 32.1. The van der Waals surface area contributed by atoms with Crippen molar-refractivity contribution in [3.8, 4) is 0 Å². The van der Waals surface area contributed by atoms with Gasteiger partial charge in [-0.2, -0.15) is 5.10 Å². The van der Waals surface area contributed by atoms with Gasteiger partial charge in [0.1, 0.15) is 6.04 Å². The standard InChI is InChI=1S/C22H28N4O2S/c1-4-10-24-11-13-25(14-12-24)21(27)17(5-2)26-22(28)19-16-8-6-7-9-18(16)29-20(19)15(3)23-26/h6-9,17H,4-5,10-14H2,1-3H3/t17-/m0/s1. The van der Waals surface area contributed by atoms with Crippen molar-refractivity contribution in [2.45, 2.75) is 39.7 Å². The van der Waals surface area contributed by atoms with Gasteiger partial charge in [0.2, 0.25) is 5.91 Å². The molecule has 0 saturated carbocycles. The van der Waals surface area contributed by atoms with Crippen LogP contribution in [0.15, 0.2) is 29.1 Å². The lowest BCUT2D eigenvalue weighted by Crippen LogP contribution is -2.51. The van der Waals surface area contributed by atoms with Crippen molar-refractivity contribution in [1.29, 1.82) is 0 Å². The van der Waals surface area contributed by atoms with Crippen LogP contribution >= 0.6 is 11.3 Å². The van der Waals surface area contributed by atoms with Crippen molar-refractivity contribution >= 4 is 37.4 Å². The van der Waals surface area contributed by atoms with Crippen molar-refractivity contribution in [3.05, 3.63) is 40.3 Å². The number of aromatic nitrogens is 2. The van der Waals surface area contributed by atoms with Crippen LogP contribution in [0.1, 0.15) is 38.4 Å². The van der Waals surface area contributed by atoms with Crippen LogP contribution in [0.5, 0.6) is 0 Å². The van der Waals surface area contributed by atoms with Gasteiger partial charge in [-0.3, -0.25) is 14.5 Å². The average molecular weight is 413 g/mol. The highest BCUT2D eigenvalue weighted by molar-refractivity contribution is 7.26. The molecule has 1 aliphatic heterocycles. The molecule has 154 valence electrons. The van der Waals surface area contributed by atoms with Crippen LogP contribution in [0.2, 0.25) is 0 Å². The second kappa shape index (κ2) is 8.24. The van der Waals surface area contributed by atoms with Gasteiger partial charge in [0.15, 0.2) is 0 Å².